The Morgan fingerprint density at radius 1 is 1.13 bits per heavy atom. The smallest absolute Gasteiger partial charge is 0.231 e. The molecule has 0 fully saturated rings. The van der Waals surface area contributed by atoms with Crippen molar-refractivity contribution in [3.63, 3.8) is 0 Å². The zero-order chi connectivity index (χ0) is 20.9. The van der Waals surface area contributed by atoms with E-state index in [1.807, 2.05) is 43.5 Å². The van der Waals surface area contributed by atoms with Gasteiger partial charge in [-0.15, -0.1) is 23.5 Å². The number of aryl methyl sites for hydroxylation is 1. The maximum Gasteiger partial charge on any atom is 0.231 e. The Morgan fingerprint density at radius 3 is 2.73 bits per heavy atom. The van der Waals surface area contributed by atoms with E-state index < -0.39 is 0 Å². The summed E-state index contributed by atoms with van der Waals surface area (Å²) >= 11 is 3.21. The minimum atomic E-state index is -0.0216. The van der Waals surface area contributed by atoms with E-state index in [2.05, 4.69) is 22.4 Å². The number of nitrogens with zero attached hydrogens (tertiary/aromatic N) is 1. The van der Waals surface area contributed by atoms with Crippen LogP contribution in [0.4, 0.5) is 0 Å². The molecule has 3 aromatic rings. The van der Waals surface area contributed by atoms with Gasteiger partial charge in [-0.2, -0.15) is 0 Å². The Balaban J connectivity index is 1.25. The average molecular weight is 443 g/mol. The molecular weight excluding hydrogens is 420 g/mol. The number of ether oxygens (including phenoxy) is 2. The molecule has 1 amide bonds. The first kappa shape index (κ1) is 20.7. The lowest BCUT2D eigenvalue weighted by Crippen LogP contribution is -2.24. The fourth-order valence-corrected chi connectivity index (χ4v) is 4.22. The molecule has 2 heterocycles. The molecule has 30 heavy (non-hydrogen) atoms. The van der Waals surface area contributed by atoms with Gasteiger partial charge in [-0.3, -0.25) is 4.79 Å². The molecule has 0 aliphatic carbocycles. The van der Waals surface area contributed by atoms with E-state index in [9.17, 15) is 4.79 Å². The summed E-state index contributed by atoms with van der Waals surface area (Å²) < 4.78 is 16.5. The highest BCUT2D eigenvalue weighted by Crippen LogP contribution is 2.32. The van der Waals surface area contributed by atoms with Crippen LogP contribution in [0.15, 0.2) is 51.8 Å². The van der Waals surface area contributed by atoms with Crippen LogP contribution < -0.4 is 14.8 Å². The summed E-state index contributed by atoms with van der Waals surface area (Å²) in [6, 6.07) is 13.8. The van der Waals surface area contributed by atoms with Gasteiger partial charge in [-0.1, -0.05) is 6.07 Å². The summed E-state index contributed by atoms with van der Waals surface area (Å²) in [7, 11) is 0. The SMILES string of the molecule is CSc1ccc(-c2nc(CSCC(=O)NCc3ccc4c(c3)OCO4)c(C)o2)cc1. The van der Waals surface area contributed by atoms with Crippen molar-refractivity contribution in [2.45, 2.75) is 24.1 Å². The predicted molar refractivity (Wildman–Crippen MR) is 119 cm³/mol. The number of hydrogen-bond donors (Lipinski definition) is 1. The molecule has 156 valence electrons. The number of thioether (sulfide) groups is 2. The van der Waals surface area contributed by atoms with Crippen LogP contribution in [-0.2, 0) is 17.1 Å². The Morgan fingerprint density at radius 2 is 1.93 bits per heavy atom. The first-order valence-electron chi connectivity index (χ1n) is 9.46. The van der Waals surface area contributed by atoms with Crippen molar-refractivity contribution in [3.05, 3.63) is 59.5 Å². The van der Waals surface area contributed by atoms with Gasteiger partial charge in [-0.05, 0) is 55.1 Å². The van der Waals surface area contributed by atoms with Crippen LogP contribution in [0.3, 0.4) is 0 Å². The van der Waals surface area contributed by atoms with E-state index in [1.54, 1.807) is 11.8 Å². The quantitative estimate of drug-likeness (QED) is 0.509. The van der Waals surface area contributed by atoms with Crippen LogP contribution in [0.25, 0.3) is 11.5 Å². The van der Waals surface area contributed by atoms with Gasteiger partial charge in [-0.25, -0.2) is 4.98 Å². The van der Waals surface area contributed by atoms with Gasteiger partial charge in [0.1, 0.15) is 5.76 Å². The highest BCUT2D eigenvalue weighted by Gasteiger charge is 2.14. The monoisotopic (exact) mass is 442 g/mol. The first-order chi connectivity index (χ1) is 14.6. The second kappa shape index (κ2) is 9.49. The zero-order valence-electron chi connectivity index (χ0n) is 16.8. The van der Waals surface area contributed by atoms with E-state index in [4.69, 9.17) is 13.9 Å². The summed E-state index contributed by atoms with van der Waals surface area (Å²) in [4.78, 5) is 18.0. The third kappa shape index (κ3) is 4.94. The maximum absolute atomic E-state index is 12.2. The van der Waals surface area contributed by atoms with Gasteiger partial charge in [0.2, 0.25) is 18.6 Å². The summed E-state index contributed by atoms with van der Waals surface area (Å²) in [5, 5.41) is 2.93. The number of amides is 1. The standard InChI is InChI=1S/C22H22N2O4S2/c1-14-18(24-22(28-14)16-4-6-17(29-2)7-5-16)11-30-12-21(25)23-10-15-3-8-19-20(9-15)27-13-26-19/h3-9H,10-13H2,1-2H3,(H,23,25). The Kier molecular flexibility index (Phi) is 6.54. The molecule has 8 heteroatoms. The largest absolute Gasteiger partial charge is 0.454 e. The molecule has 0 bridgehead atoms. The highest BCUT2D eigenvalue weighted by molar-refractivity contribution is 7.99. The van der Waals surface area contributed by atoms with Gasteiger partial charge in [0, 0.05) is 22.8 Å². The number of rotatable bonds is 8. The Bertz CT molecular complexity index is 1030. The lowest BCUT2D eigenvalue weighted by Gasteiger charge is -2.06. The topological polar surface area (TPSA) is 73.6 Å². The van der Waals surface area contributed by atoms with Crippen LogP contribution in [0.1, 0.15) is 17.0 Å². The van der Waals surface area contributed by atoms with Crippen LogP contribution in [0.5, 0.6) is 11.5 Å². The number of carbonyl (C=O) groups is 1. The lowest BCUT2D eigenvalue weighted by atomic mass is 10.2. The molecule has 0 radical (unpaired) electrons. The van der Waals surface area contributed by atoms with Crippen LogP contribution >= 0.6 is 23.5 Å². The fraction of sp³-hybridized carbons (Fsp3) is 0.273. The third-order valence-electron chi connectivity index (χ3n) is 4.63. The number of hydrogen-bond acceptors (Lipinski definition) is 7. The summed E-state index contributed by atoms with van der Waals surface area (Å²) in [5.74, 6) is 3.81. The number of benzene rings is 2. The molecule has 1 N–H and O–H groups in total. The van der Waals surface area contributed by atoms with E-state index >= 15 is 0 Å². The van der Waals surface area contributed by atoms with Crippen molar-refractivity contribution >= 4 is 29.4 Å². The minimum absolute atomic E-state index is 0.0216. The van der Waals surface area contributed by atoms with Crippen molar-refractivity contribution < 1.29 is 18.7 Å². The van der Waals surface area contributed by atoms with Crippen molar-refractivity contribution in [1.29, 1.82) is 0 Å². The second-order valence-electron chi connectivity index (χ2n) is 6.71. The third-order valence-corrected chi connectivity index (χ3v) is 6.32. The number of carbonyl (C=O) groups excluding carboxylic acids is 1. The second-order valence-corrected chi connectivity index (χ2v) is 8.57. The number of nitrogens with one attached hydrogen (secondary N) is 1. The van der Waals surface area contributed by atoms with Gasteiger partial charge in [0.25, 0.3) is 0 Å². The van der Waals surface area contributed by atoms with E-state index in [0.717, 1.165) is 34.1 Å². The van der Waals surface area contributed by atoms with Crippen LogP contribution in [-0.4, -0.2) is 29.7 Å². The zero-order valence-corrected chi connectivity index (χ0v) is 18.4. The van der Waals surface area contributed by atoms with Crippen LogP contribution in [0, 0.1) is 6.92 Å². The molecule has 4 rings (SSSR count). The van der Waals surface area contributed by atoms with Crippen molar-refractivity contribution in [2.75, 3.05) is 18.8 Å². The van der Waals surface area contributed by atoms with Crippen molar-refractivity contribution in [1.82, 2.24) is 10.3 Å². The summed E-state index contributed by atoms with van der Waals surface area (Å²) in [5.41, 5.74) is 2.79. The summed E-state index contributed by atoms with van der Waals surface area (Å²) in [6.45, 7) is 2.60. The Hall–Kier alpha value is -2.58. The fourth-order valence-electron chi connectivity index (χ4n) is 2.96. The van der Waals surface area contributed by atoms with Gasteiger partial charge >= 0.3 is 0 Å². The van der Waals surface area contributed by atoms with E-state index in [1.165, 1.54) is 16.7 Å². The molecule has 0 saturated heterocycles. The van der Waals surface area contributed by atoms with E-state index in [0.29, 0.717) is 23.9 Å². The average Bonchev–Trinajstić information content (AvgIpc) is 3.38. The molecule has 0 saturated carbocycles. The Labute approximate surface area is 183 Å². The summed E-state index contributed by atoms with van der Waals surface area (Å²) in [6.07, 6.45) is 2.05. The number of oxazole rings is 1. The number of aromatic nitrogens is 1. The molecule has 0 atom stereocenters. The van der Waals surface area contributed by atoms with Gasteiger partial charge in [0.05, 0.1) is 11.4 Å². The predicted octanol–water partition coefficient (Wildman–Crippen LogP) is 4.65. The molecule has 1 aliphatic heterocycles. The van der Waals surface area contributed by atoms with E-state index in [-0.39, 0.29) is 12.7 Å². The van der Waals surface area contributed by atoms with Crippen molar-refractivity contribution in [3.8, 4) is 23.0 Å². The van der Waals surface area contributed by atoms with Crippen LogP contribution in [0.2, 0.25) is 0 Å². The van der Waals surface area contributed by atoms with Gasteiger partial charge < -0.3 is 19.2 Å². The normalized spacial score (nSPS) is 12.2. The first-order valence-corrected chi connectivity index (χ1v) is 11.8. The molecular formula is C22H22N2O4S2. The molecule has 2 aromatic carbocycles. The number of fused-ring (bicyclic) bond motifs is 1. The highest BCUT2D eigenvalue weighted by atomic mass is 32.2. The maximum atomic E-state index is 12.2. The molecule has 6 nitrogen and oxygen atoms in total. The minimum Gasteiger partial charge on any atom is -0.454 e. The molecule has 0 spiro atoms. The van der Waals surface area contributed by atoms with Gasteiger partial charge in [0.15, 0.2) is 11.5 Å². The molecule has 0 unspecified atom stereocenters. The lowest BCUT2D eigenvalue weighted by molar-refractivity contribution is -0.118. The van der Waals surface area contributed by atoms with Crippen molar-refractivity contribution in [2.24, 2.45) is 0 Å². The molecule has 1 aromatic heterocycles. The molecule has 1 aliphatic rings.